The highest BCUT2D eigenvalue weighted by atomic mass is 28.3. The molecule has 0 spiro atoms. The molecule has 1 heterocycles. The van der Waals surface area contributed by atoms with Gasteiger partial charge in [0.2, 0.25) is 0 Å². The van der Waals surface area contributed by atoms with E-state index in [0.29, 0.717) is 0 Å². The van der Waals surface area contributed by atoms with Crippen LogP contribution in [0.15, 0.2) is 120 Å². The van der Waals surface area contributed by atoms with Crippen LogP contribution in [0.2, 0.25) is 13.1 Å². The predicted molar refractivity (Wildman–Crippen MR) is 137 cm³/mol. The van der Waals surface area contributed by atoms with Crippen molar-refractivity contribution in [3.05, 3.63) is 137 Å². The van der Waals surface area contributed by atoms with Gasteiger partial charge in [-0.2, -0.15) is 0 Å². The van der Waals surface area contributed by atoms with Crippen LogP contribution in [0.3, 0.4) is 0 Å². The van der Waals surface area contributed by atoms with Crippen molar-refractivity contribution in [1.82, 2.24) is 0 Å². The van der Waals surface area contributed by atoms with E-state index in [9.17, 15) is 0 Å². The molecule has 0 bridgehead atoms. The van der Waals surface area contributed by atoms with Gasteiger partial charge in [0.05, 0.1) is 0 Å². The van der Waals surface area contributed by atoms with E-state index < -0.39 is 8.07 Å². The second-order valence-corrected chi connectivity index (χ2v) is 13.1. The smallest absolute Gasteiger partial charge is 0.0836 e. The number of allylic oxidation sites excluding steroid dienone is 6. The van der Waals surface area contributed by atoms with Crippen molar-refractivity contribution in [2.24, 2.45) is 0 Å². The van der Waals surface area contributed by atoms with E-state index in [1.165, 1.54) is 33.4 Å². The molecule has 1 aliphatic heterocycles. The molecule has 0 fully saturated rings. The first kappa shape index (κ1) is 19.8. The number of benzene rings is 3. The first-order chi connectivity index (χ1) is 15.2. The van der Waals surface area contributed by atoms with Crippen LogP contribution >= 0.6 is 0 Å². The van der Waals surface area contributed by atoms with Gasteiger partial charge in [0, 0.05) is 0 Å². The highest BCUT2D eigenvalue weighted by molar-refractivity contribution is 7.11. The Kier molecular flexibility index (Phi) is 5.21. The van der Waals surface area contributed by atoms with Crippen molar-refractivity contribution in [1.29, 1.82) is 0 Å². The zero-order valence-electron chi connectivity index (χ0n) is 18.3. The first-order valence-corrected chi connectivity index (χ1v) is 14.2. The fourth-order valence-corrected chi connectivity index (χ4v) is 9.02. The Balaban J connectivity index is 1.89. The lowest BCUT2D eigenvalue weighted by molar-refractivity contribution is 1.02. The average Bonchev–Trinajstić information content (AvgIpc) is 3.08. The van der Waals surface area contributed by atoms with E-state index in [0.717, 1.165) is 12.8 Å². The summed E-state index contributed by atoms with van der Waals surface area (Å²) < 4.78 is 0. The summed E-state index contributed by atoms with van der Waals surface area (Å²) >= 11 is 0. The summed E-state index contributed by atoms with van der Waals surface area (Å²) in [5, 5.41) is 3.11. The third-order valence-corrected chi connectivity index (χ3v) is 10.0. The predicted octanol–water partition coefficient (Wildman–Crippen LogP) is 8.13. The van der Waals surface area contributed by atoms with E-state index in [4.69, 9.17) is 0 Å². The zero-order chi connectivity index (χ0) is 21.3. The Morgan fingerprint density at radius 1 is 0.548 bits per heavy atom. The Hall–Kier alpha value is -3.16. The summed E-state index contributed by atoms with van der Waals surface area (Å²) in [5.41, 5.74) is 8.32. The van der Waals surface area contributed by atoms with Gasteiger partial charge in [-0.15, -0.1) is 0 Å². The van der Waals surface area contributed by atoms with Gasteiger partial charge in [0.15, 0.2) is 0 Å². The van der Waals surface area contributed by atoms with Crippen LogP contribution in [-0.2, 0) is 0 Å². The van der Waals surface area contributed by atoms with Gasteiger partial charge in [-0.05, 0) is 56.6 Å². The minimum atomic E-state index is -1.99. The van der Waals surface area contributed by atoms with Crippen LogP contribution in [0.5, 0.6) is 0 Å². The molecule has 0 saturated heterocycles. The van der Waals surface area contributed by atoms with Crippen LogP contribution < -0.4 is 0 Å². The second-order valence-electron chi connectivity index (χ2n) is 8.86. The van der Waals surface area contributed by atoms with Gasteiger partial charge in [-0.1, -0.05) is 122 Å². The quantitative estimate of drug-likeness (QED) is 0.377. The van der Waals surface area contributed by atoms with Crippen LogP contribution in [-0.4, -0.2) is 8.07 Å². The molecule has 0 radical (unpaired) electrons. The number of hydrogen-bond acceptors (Lipinski definition) is 0. The van der Waals surface area contributed by atoms with Gasteiger partial charge < -0.3 is 0 Å². The SMILES string of the molecule is C[Si]1(C)C(c2ccccc2)=C(C2=CCCC=C2)C(c2ccccc2)=C1c1ccccc1. The molecule has 3 aromatic rings. The summed E-state index contributed by atoms with van der Waals surface area (Å²) in [4.78, 5) is 0. The molecule has 0 unspecified atom stereocenters. The first-order valence-electron chi connectivity index (χ1n) is 11.2. The van der Waals surface area contributed by atoms with Crippen molar-refractivity contribution in [2.75, 3.05) is 0 Å². The third kappa shape index (κ3) is 3.49. The molecule has 0 N–H and O–H groups in total. The fourth-order valence-electron chi connectivity index (χ4n) is 5.20. The maximum atomic E-state index is 2.53. The van der Waals surface area contributed by atoms with Crippen molar-refractivity contribution < 1.29 is 0 Å². The minimum Gasteiger partial charge on any atom is -0.0836 e. The Labute approximate surface area is 187 Å². The van der Waals surface area contributed by atoms with Crippen molar-refractivity contribution >= 4 is 24.0 Å². The van der Waals surface area contributed by atoms with Crippen LogP contribution in [0.1, 0.15) is 29.5 Å². The van der Waals surface area contributed by atoms with Gasteiger partial charge in [-0.25, -0.2) is 0 Å². The standard InChI is InChI=1S/C30H28Si/c1-31(2)29(25-19-11-5-12-20-25)27(23-15-7-3-8-16-23)28(24-17-9-4-10-18-24)30(31)26-21-13-6-14-22-26/h3,5-9,11-22H,4,10H2,1-2H3. The van der Waals surface area contributed by atoms with E-state index in [2.05, 4.69) is 122 Å². The van der Waals surface area contributed by atoms with E-state index in [1.54, 1.807) is 10.4 Å². The molecule has 0 amide bonds. The van der Waals surface area contributed by atoms with Gasteiger partial charge in [0.1, 0.15) is 8.07 Å². The molecule has 1 aliphatic carbocycles. The van der Waals surface area contributed by atoms with E-state index in [-0.39, 0.29) is 0 Å². The Morgan fingerprint density at radius 2 is 1.03 bits per heavy atom. The molecule has 0 aromatic heterocycles. The van der Waals surface area contributed by atoms with E-state index in [1.807, 2.05) is 0 Å². The van der Waals surface area contributed by atoms with E-state index >= 15 is 0 Å². The normalized spacial score (nSPS) is 17.8. The van der Waals surface area contributed by atoms with Crippen molar-refractivity contribution in [2.45, 2.75) is 25.9 Å². The Morgan fingerprint density at radius 3 is 1.52 bits per heavy atom. The highest BCUT2D eigenvalue weighted by Crippen LogP contribution is 2.54. The molecule has 5 rings (SSSR count). The maximum Gasteiger partial charge on any atom is 0.115 e. The third-order valence-electron chi connectivity index (χ3n) is 6.47. The molecule has 152 valence electrons. The largest absolute Gasteiger partial charge is 0.115 e. The lowest BCUT2D eigenvalue weighted by Crippen LogP contribution is -2.28. The van der Waals surface area contributed by atoms with Crippen LogP contribution in [0, 0.1) is 0 Å². The summed E-state index contributed by atoms with van der Waals surface area (Å²) in [6, 6.07) is 33.2. The summed E-state index contributed by atoms with van der Waals surface area (Å²) in [6.45, 7) is 5.06. The average molecular weight is 417 g/mol. The van der Waals surface area contributed by atoms with Gasteiger partial charge in [-0.3, -0.25) is 0 Å². The monoisotopic (exact) mass is 416 g/mol. The summed E-state index contributed by atoms with van der Waals surface area (Å²) in [7, 11) is -1.99. The molecule has 2 aliphatic rings. The second kappa shape index (κ2) is 8.17. The molecule has 31 heavy (non-hydrogen) atoms. The zero-order valence-corrected chi connectivity index (χ0v) is 19.3. The minimum absolute atomic E-state index is 1.11. The highest BCUT2D eigenvalue weighted by Gasteiger charge is 2.43. The van der Waals surface area contributed by atoms with Crippen LogP contribution in [0.25, 0.3) is 16.0 Å². The van der Waals surface area contributed by atoms with Gasteiger partial charge in [0.25, 0.3) is 0 Å². The summed E-state index contributed by atoms with van der Waals surface area (Å²) in [5.74, 6) is 0. The Bertz CT molecular complexity index is 1210. The number of rotatable bonds is 4. The topological polar surface area (TPSA) is 0 Å². The van der Waals surface area contributed by atoms with Crippen molar-refractivity contribution in [3.63, 3.8) is 0 Å². The van der Waals surface area contributed by atoms with Gasteiger partial charge >= 0.3 is 0 Å². The number of hydrogen-bond donors (Lipinski definition) is 0. The molecular formula is C30H28Si. The molecule has 0 saturated carbocycles. The lowest BCUT2D eigenvalue weighted by atomic mass is 9.87. The lowest BCUT2D eigenvalue weighted by Gasteiger charge is -2.26. The molecule has 0 nitrogen and oxygen atoms in total. The molecule has 3 aromatic carbocycles. The van der Waals surface area contributed by atoms with Crippen LogP contribution in [0.4, 0.5) is 0 Å². The molecular weight excluding hydrogens is 388 g/mol. The fraction of sp³-hybridized carbons (Fsp3) is 0.133. The van der Waals surface area contributed by atoms with Crippen molar-refractivity contribution in [3.8, 4) is 0 Å². The molecule has 1 heteroatoms. The summed E-state index contributed by atoms with van der Waals surface area (Å²) in [6.07, 6.45) is 9.38. The maximum absolute atomic E-state index is 2.53. The molecule has 0 atom stereocenters.